The zero-order chi connectivity index (χ0) is 16.0. The number of hydrogen-bond donors (Lipinski definition) is 2. The van der Waals surface area contributed by atoms with Crippen molar-refractivity contribution in [1.29, 1.82) is 0 Å². The predicted molar refractivity (Wildman–Crippen MR) is 81.7 cm³/mol. The number of carbonyl (C=O) groups excluding carboxylic acids is 1. The zero-order valence-electron chi connectivity index (χ0n) is 11.9. The summed E-state index contributed by atoms with van der Waals surface area (Å²) < 4.78 is 14.2. The first-order valence-electron chi connectivity index (χ1n) is 6.50. The number of nitrogens with zero attached hydrogens (tertiary/aromatic N) is 1. The van der Waals surface area contributed by atoms with Gasteiger partial charge >= 0.3 is 5.97 Å². The second-order valence-electron chi connectivity index (χ2n) is 4.88. The molecule has 1 aromatic rings. The Kier molecular flexibility index (Phi) is 6.77. The number of halogens is 2. The predicted octanol–water partition coefficient (Wildman–Crippen LogP) is 2.71. The van der Waals surface area contributed by atoms with Crippen LogP contribution in [0.1, 0.15) is 20.3 Å². The Hall–Kier alpha value is -1.47. The maximum atomic E-state index is 13.6. The largest absolute Gasteiger partial charge is 0.480 e. The molecule has 0 saturated carbocycles. The Morgan fingerprint density at radius 3 is 2.62 bits per heavy atom. The molecule has 1 rings (SSSR count). The van der Waals surface area contributed by atoms with Crippen LogP contribution in [0, 0.1) is 5.82 Å². The Balaban J connectivity index is 2.54. The minimum Gasteiger partial charge on any atom is -0.480 e. The van der Waals surface area contributed by atoms with Gasteiger partial charge in [0.05, 0.1) is 12.2 Å². The fourth-order valence-electron chi connectivity index (χ4n) is 1.74. The van der Waals surface area contributed by atoms with E-state index in [9.17, 15) is 14.0 Å². The molecule has 2 N–H and O–H groups in total. The number of hydrogen-bond acceptors (Lipinski definition) is 3. The van der Waals surface area contributed by atoms with Gasteiger partial charge in [-0.25, -0.2) is 4.39 Å². The highest BCUT2D eigenvalue weighted by Gasteiger charge is 2.15. The number of amides is 1. The monoisotopic (exact) mass is 360 g/mol. The topological polar surface area (TPSA) is 69.6 Å². The summed E-state index contributed by atoms with van der Waals surface area (Å²) in [5, 5.41) is 11.3. The summed E-state index contributed by atoms with van der Waals surface area (Å²) in [4.78, 5) is 24.2. The van der Waals surface area contributed by atoms with Gasteiger partial charge in [-0.15, -0.1) is 0 Å². The summed E-state index contributed by atoms with van der Waals surface area (Å²) in [6.07, 6.45) is 0.0982. The van der Waals surface area contributed by atoms with Gasteiger partial charge in [-0.1, -0.05) is 15.9 Å². The summed E-state index contributed by atoms with van der Waals surface area (Å²) in [5.41, 5.74) is 0.109. The van der Waals surface area contributed by atoms with Crippen molar-refractivity contribution in [2.45, 2.75) is 26.3 Å². The van der Waals surface area contributed by atoms with Crippen molar-refractivity contribution in [3.63, 3.8) is 0 Å². The molecule has 7 heteroatoms. The van der Waals surface area contributed by atoms with Crippen LogP contribution in [0.4, 0.5) is 10.1 Å². The molecule has 0 saturated heterocycles. The highest BCUT2D eigenvalue weighted by atomic mass is 79.9. The quantitative estimate of drug-likeness (QED) is 0.784. The molecule has 0 fully saturated rings. The standard InChI is InChI=1S/C14H18BrFN2O3/c1-9(2)18(8-14(20)21)6-5-13(19)17-12-4-3-10(15)7-11(12)16/h3-4,7,9H,5-6,8H2,1-2H3,(H,17,19)(H,20,21). The lowest BCUT2D eigenvalue weighted by Crippen LogP contribution is -2.37. The van der Waals surface area contributed by atoms with Gasteiger partial charge in [0.2, 0.25) is 5.91 Å². The van der Waals surface area contributed by atoms with Crippen LogP contribution in [0.5, 0.6) is 0 Å². The van der Waals surface area contributed by atoms with E-state index < -0.39 is 11.8 Å². The number of aliphatic carboxylic acids is 1. The number of anilines is 1. The average Bonchev–Trinajstić information content (AvgIpc) is 2.37. The van der Waals surface area contributed by atoms with Crippen LogP contribution in [0.15, 0.2) is 22.7 Å². The average molecular weight is 361 g/mol. The van der Waals surface area contributed by atoms with E-state index in [-0.39, 0.29) is 30.6 Å². The van der Waals surface area contributed by atoms with Crippen molar-refractivity contribution in [3.8, 4) is 0 Å². The maximum absolute atomic E-state index is 13.6. The molecule has 0 bridgehead atoms. The van der Waals surface area contributed by atoms with Crippen LogP contribution >= 0.6 is 15.9 Å². The molecule has 1 aromatic carbocycles. The summed E-state index contributed by atoms with van der Waals surface area (Å²) in [6.45, 7) is 3.88. The molecule has 0 spiro atoms. The van der Waals surface area contributed by atoms with Gasteiger partial charge in [-0.3, -0.25) is 14.5 Å². The second-order valence-corrected chi connectivity index (χ2v) is 5.80. The van der Waals surface area contributed by atoms with E-state index in [0.29, 0.717) is 11.0 Å². The van der Waals surface area contributed by atoms with Crippen LogP contribution in [-0.4, -0.2) is 41.0 Å². The van der Waals surface area contributed by atoms with Gasteiger partial charge < -0.3 is 10.4 Å². The molecular weight excluding hydrogens is 343 g/mol. The first-order chi connectivity index (χ1) is 9.79. The summed E-state index contributed by atoms with van der Waals surface area (Å²) in [6, 6.07) is 4.37. The molecular formula is C14H18BrFN2O3. The molecule has 21 heavy (non-hydrogen) atoms. The van der Waals surface area contributed by atoms with Crippen molar-refractivity contribution >= 4 is 33.5 Å². The minimum absolute atomic E-state index is 0.0123. The Morgan fingerprint density at radius 1 is 1.43 bits per heavy atom. The van der Waals surface area contributed by atoms with Crippen molar-refractivity contribution in [1.82, 2.24) is 4.90 Å². The van der Waals surface area contributed by atoms with E-state index in [4.69, 9.17) is 5.11 Å². The Bertz CT molecular complexity index is 523. The van der Waals surface area contributed by atoms with Crippen LogP contribution < -0.4 is 5.32 Å². The molecule has 0 aliphatic rings. The van der Waals surface area contributed by atoms with Crippen LogP contribution in [-0.2, 0) is 9.59 Å². The first kappa shape index (κ1) is 17.6. The number of carbonyl (C=O) groups is 2. The molecule has 0 radical (unpaired) electrons. The smallest absolute Gasteiger partial charge is 0.317 e. The van der Waals surface area contributed by atoms with Crippen molar-refractivity contribution in [3.05, 3.63) is 28.5 Å². The third-order valence-corrected chi connectivity index (χ3v) is 3.39. The van der Waals surface area contributed by atoms with Crippen LogP contribution in [0.2, 0.25) is 0 Å². The van der Waals surface area contributed by atoms with E-state index in [0.717, 1.165) is 0 Å². The maximum Gasteiger partial charge on any atom is 0.317 e. The van der Waals surface area contributed by atoms with Gasteiger partial charge in [-0.2, -0.15) is 0 Å². The summed E-state index contributed by atoms with van der Waals surface area (Å²) in [7, 11) is 0. The van der Waals surface area contributed by atoms with Crippen LogP contribution in [0.3, 0.4) is 0 Å². The number of benzene rings is 1. The second kappa shape index (κ2) is 8.09. The molecule has 0 atom stereocenters. The normalized spacial score (nSPS) is 11.0. The summed E-state index contributed by atoms with van der Waals surface area (Å²) in [5.74, 6) is -1.82. The number of carboxylic acid groups (broad SMARTS) is 1. The summed E-state index contributed by atoms with van der Waals surface area (Å²) >= 11 is 3.14. The molecule has 0 aromatic heterocycles. The molecule has 1 amide bonds. The SMILES string of the molecule is CC(C)N(CCC(=O)Nc1ccc(Br)cc1F)CC(=O)O. The molecule has 5 nitrogen and oxygen atoms in total. The fraction of sp³-hybridized carbons (Fsp3) is 0.429. The van der Waals surface area contributed by atoms with E-state index in [2.05, 4.69) is 21.2 Å². The highest BCUT2D eigenvalue weighted by Crippen LogP contribution is 2.19. The Morgan fingerprint density at radius 2 is 2.10 bits per heavy atom. The van der Waals surface area contributed by atoms with Crippen molar-refractivity contribution in [2.24, 2.45) is 0 Å². The first-order valence-corrected chi connectivity index (χ1v) is 7.29. The van der Waals surface area contributed by atoms with Gasteiger partial charge in [0.1, 0.15) is 5.82 Å². The fourth-order valence-corrected chi connectivity index (χ4v) is 2.08. The highest BCUT2D eigenvalue weighted by molar-refractivity contribution is 9.10. The Labute approximate surface area is 131 Å². The minimum atomic E-state index is -0.942. The van der Waals surface area contributed by atoms with Crippen molar-refractivity contribution < 1.29 is 19.1 Å². The molecule has 0 unspecified atom stereocenters. The molecule has 0 aliphatic heterocycles. The lowest BCUT2D eigenvalue weighted by Gasteiger charge is -2.24. The van der Waals surface area contributed by atoms with Gasteiger partial charge in [-0.05, 0) is 32.0 Å². The van der Waals surface area contributed by atoms with Crippen LogP contribution in [0.25, 0.3) is 0 Å². The third-order valence-electron chi connectivity index (χ3n) is 2.90. The molecule has 0 heterocycles. The van der Waals surface area contributed by atoms with Crippen molar-refractivity contribution in [2.75, 3.05) is 18.4 Å². The zero-order valence-corrected chi connectivity index (χ0v) is 13.5. The van der Waals surface area contributed by atoms with Gasteiger partial charge in [0, 0.05) is 23.5 Å². The van der Waals surface area contributed by atoms with E-state index >= 15 is 0 Å². The number of nitrogens with one attached hydrogen (secondary N) is 1. The molecule has 0 aliphatic carbocycles. The van der Waals surface area contributed by atoms with E-state index in [1.807, 2.05) is 13.8 Å². The lowest BCUT2D eigenvalue weighted by molar-refractivity contribution is -0.139. The lowest BCUT2D eigenvalue weighted by atomic mass is 10.2. The third kappa shape index (κ3) is 6.22. The number of rotatable bonds is 7. The number of carboxylic acids is 1. The van der Waals surface area contributed by atoms with Gasteiger partial charge in [0.15, 0.2) is 0 Å². The van der Waals surface area contributed by atoms with E-state index in [1.165, 1.54) is 12.1 Å². The molecule has 116 valence electrons. The van der Waals surface area contributed by atoms with Gasteiger partial charge in [0.25, 0.3) is 0 Å². The van der Waals surface area contributed by atoms with E-state index in [1.54, 1.807) is 11.0 Å².